The average Bonchev–Trinajstić information content (AvgIpc) is 2.85. The lowest BCUT2D eigenvalue weighted by molar-refractivity contribution is -0.139. The van der Waals surface area contributed by atoms with Crippen molar-refractivity contribution in [2.75, 3.05) is 13.6 Å². The summed E-state index contributed by atoms with van der Waals surface area (Å²) in [7, 11) is 1.71. The van der Waals surface area contributed by atoms with Crippen molar-refractivity contribution < 1.29 is 14.4 Å². The molecule has 0 bridgehead atoms. The molecule has 3 rings (SSSR count). The molecule has 1 aliphatic heterocycles. The summed E-state index contributed by atoms with van der Waals surface area (Å²) in [6.07, 6.45) is 6.56. The number of hydrogen-bond donors (Lipinski definition) is 1. The Kier molecular flexibility index (Phi) is 5.82. The summed E-state index contributed by atoms with van der Waals surface area (Å²) >= 11 is 0. The normalized spacial score (nSPS) is 19.6. The van der Waals surface area contributed by atoms with Crippen LogP contribution in [0.25, 0.3) is 0 Å². The van der Waals surface area contributed by atoms with E-state index in [4.69, 9.17) is 0 Å². The lowest BCUT2D eigenvalue weighted by Crippen LogP contribution is -2.48. The molecule has 4 amide bonds. The fourth-order valence-electron chi connectivity index (χ4n) is 4.05. The van der Waals surface area contributed by atoms with Crippen LogP contribution >= 0.6 is 0 Å². The zero-order chi connectivity index (χ0) is 19.4. The Balaban J connectivity index is 1.65. The third kappa shape index (κ3) is 4.15. The largest absolute Gasteiger partial charge is 0.340 e. The van der Waals surface area contributed by atoms with Gasteiger partial charge in [-0.15, -0.1) is 0 Å². The van der Waals surface area contributed by atoms with Crippen molar-refractivity contribution in [3.63, 3.8) is 0 Å². The molecule has 1 saturated heterocycles. The predicted octanol–water partition coefficient (Wildman–Crippen LogP) is 2.99. The van der Waals surface area contributed by atoms with E-state index in [1.165, 1.54) is 6.42 Å². The number of nitrogens with zero attached hydrogens (tertiary/aromatic N) is 2. The summed E-state index contributed by atoms with van der Waals surface area (Å²) in [5.41, 5.74) is 1.37. The molecule has 0 aromatic heterocycles. The highest BCUT2D eigenvalue weighted by atomic mass is 16.2. The topological polar surface area (TPSA) is 69.7 Å². The highest BCUT2D eigenvalue weighted by molar-refractivity contribution is 6.09. The van der Waals surface area contributed by atoms with Crippen LogP contribution in [0.3, 0.4) is 0 Å². The highest BCUT2D eigenvalue weighted by Gasteiger charge is 2.50. The number of aryl methyl sites for hydroxylation is 1. The summed E-state index contributed by atoms with van der Waals surface area (Å²) in [4.78, 5) is 40.8. The molecule has 1 aromatic rings. The van der Waals surface area contributed by atoms with Crippen LogP contribution < -0.4 is 5.32 Å². The van der Waals surface area contributed by atoms with E-state index in [2.05, 4.69) is 5.32 Å². The molecule has 0 radical (unpaired) electrons. The molecule has 1 N–H and O–H groups in total. The number of amides is 4. The maximum Gasteiger partial charge on any atom is 0.325 e. The Labute approximate surface area is 160 Å². The van der Waals surface area contributed by atoms with Crippen LogP contribution in [-0.2, 0) is 16.1 Å². The fourth-order valence-corrected chi connectivity index (χ4v) is 4.05. The van der Waals surface area contributed by atoms with Gasteiger partial charge >= 0.3 is 6.03 Å². The summed E-state index contributed by atoms with van der Waals surface area (Å²) in [5.74, 6) is -0.461. The van der Waals surface area contributed by atoms with Crippen molar-refractivity contribution in [3.8, 4) is 0 Å². The molecular formula is C21H29N3O3. The molecule has 6 heteroatoms. The van der Waals surface area contributed by atoms with E-state index in [1.54, 1.807) is 11.9 Å². The van der Waals surface area contributed by atoms with Crippen molar-refractivity contribution >= 4 is 17.8 Å². The first-order valence-electron chi connectivity index (χ1n) is 9.85. The van der Waals surface area contributed by atoms with Gasteiger partial charge in [0.2, 0.25) is 5.91 Å². The molecule has 1 heterocycles. The van der Waals surface area contributed by atoms with Gasteiger partial charge in [0.15, 0.2) is 0 Å². The Bertz CT molecular complexity index is 723. The second-order valence-electron chi connectivity index (χ2n) is 7.85. The van der Waals surface area contributed by atoms with Crippen LogP contribution in [0.15, 0.2) is 24.3 Å². The van der Waals surface area contributed by atoms with Gasteiger partial charge in [-0.1, -0.05) is 56.4 Å². The SMILES string of the molecule is Cc1ccccc1CN(C)C(=O)CN1C(=O)NC2(CCCCCCC2)C1=O. The van der Waals surface area contributed by atoms with Crippen molar-refractivity contribution in [3.05, 3.63) is 35.4 Å². The Morgan fingerprint density at radius 2 is 1.74 bits per heavy atom. The van der Waals surface area contributed by atoms with E-state index < -0.39 is 11.6 Å². The fraction of sp³-hybridized carbons (Fsp3) is 0.571. The first kappa shape index (κ1) is 19.4. The highest BCUT2D eigenvalue weighted by Crippen LogP contribution is 2.32. The molecule has 1 aromatic carbocycles. The smallest absolute Gasteiger partial charge is 0.325 e. The lowest BCUT2D eigenvalue weighted by atomic mass is 9.84. The van der Waals surface area contributed by atoms with Crippen LogP contribution in [-0.4, -0.2) is 46.8 Å². The van der Waals surface area contributed by atoms with Crippen molar-refractivity contribution in [2.24, 2.45) is 0 Å². The number of benzene rings is 1. The van der Waals surface area contributed by atoms with E-state index in [0.717, 1.165) is 41.7 Å². The van der Waals surface area contributed by atoms with Crippen molar-refractivity contribution in [1.29, 1.82) is 0 Å². The molecule has 27 heavy (non-hydrogen) atoms. The van der Waals surface area contributed by atoms with Gasteiger partial charge < -0.3 is 10.2 Å². The van der Waals surface area contributed by atoms with Crippen molar-refractivity contribution in [2.45, 2.75) is 64.0 Å². The number of rotatable bonds is 4. The Morgan fingerprint density at radius 3 is 2.41 bits per heavy atom. The summed E-state index contributed by atoms with van der Waals surface area (Å²) < 4.78 is 0. The minimum atomic E-state index is -0.799. The van der Waals surface area contributed by atoms with Crippen LogP contribution in [0.1, 0.15) is 56.1 Å². The van der Waals surface area contributed by atoms with Gasteiger partial charge in [-0.3, -0.25) is 14.5 Å². The summed E-state index contributed by atoms with van der Waals surface area (Å²) in [6.45, 7) is 2.26. The number of hydrogen-bond acceptors (Lipinski definition) is 3. The van der Waals surface area contributed by atoms with Crippen LogP contribution in [0, 0.1) is 6.92 Å². The monoisotopic (exact) mass is 371 g/mol. The van der Waals surface area contributed by atoms with E-state index >= 15 is 0 Å². The molecule has 0 unspecified atom stereocenters. The zero-order valence-electron chi connectivity index (χ0n) is 16.3. The van der Waals surface area contributed by atoms with Gasteiger partial charge in [-0.2, -0.15) is 0 Å². The van der Waals surface area contributed by atoms with Gasteiger partial charge in [-0.05, 0) is 30.9 Å². The summed E-state index contributed by atoms with van der Waals surface area (Å²) in [5, 5.41) is 2.91. The minimum Gasteiger partial charge on any atom is -0.340 e. The second kappa shape index (κ2) is 8.11. The van der Waals surface area contributed by atoms with Gasteiger partial charge in [-0.25, -0.2) is 4.79 Å². The standard InChI is InChI=1S/C21H29N3O3/c1-16-10-6-7-11-17(16)14-23(2)18(25)15-24-19(26)21(22-20(24)27)12-8-4-3-5-9-13-21/h6-7,10-11H,3-5,8-9,12-15H2,1-2H3,(H,22,27). The molecule has 0 atom stereocenters. The molecule has 1 aliphatic carbocycles. The van der Waals surface area contributed by atoms with Gasteiger partial charge in [0.05, 0.1) is 0 Å². The molecule has 2 aliphatic rings. The molecule has 1 saturated carbocycles. The van der Waals surface area contributed by atoms with E-state index in [9.17, 15) is 14.4 Å². The van der Waals surface area contributed by atoms with Gasteiger partial charge in [0.25, 0.3) is 5.91 Å². The first-order valence-corrected chi connectivity index (χ1v) is 9.85. The third-order valence-electron chi connectivity index (χ3n) is 5.84. The number of imide groups is 1. The zero-order valence-corrected chi connectivity index (χ0v) is 16.3. The number of urea groups is 1. The van der Waals surface area contributed by atoms with Gasteiger partial charge in [0, 0.05) is 13.6 Å². The number of likely N-dealkylation sites (N-methyl/N-ethyl adjacent to an activating group) is 1. The maximum atomic E-state index is 13.0. The number of carbonyl (C=O) groups is 3. The minimum absolute atomic E-state index is 0.200. The van der Waals surface area contributed by atoms with E-state index in [1.807, 2.05) is 31.2 Å². The average molecular weight is 371 g/mol. The van der Waals surface area contributed by atoms with E-state index in [-0.39, 0.29) is 18.4 Å². The van der Waals surface area contributed by atoms with Crippen LogP contribution in [0.5, 0.6) is 0 Å². The van der Waals surface area contributed by atoms with Crippen LogP contribution in [0.4, 0.5) is 4.79 Å². The lowest BCUT2D eigenvalue weighted by Gasteiger charge is -2.28. The molecule has 6 nitrogen and oxygen atoms in total. The van der Waals surface area contributed by atoms with Crippen LogP contribution in [0.2, 0.25) is 0 Å². The van der Waals surface area contributed by atoms with Gasteiger partial charge in [0.1, 0.15) is 12.1 Å². The molecule has 2 fully saturated rings. The molecular weight excluding hydrogens is 342 g/mol. The maximum absolute atomic E-state index is 13.0. The molecule has 146 valence electrons. The Hall–Kier alpha value is -2.37. The quantitative estimate of drug-likeness (QED) is 0.827. The predicted molar refractivity (Wildman–Crippen MR) is 103 cm³/mol. The number of carbonyl (C=O) groups excluding carboxylic acids is 3. The molecule has 1 spiro atoms. The summed E-state index contributed by atoms with van der Waals surface area (Å²) in [6, 6.07) is 7.46. The van der Waals surface area contributed by atoms with Crippen molar-refractivity contribution in [1.82, 2.24) is 15.1 Å². The first-order chi connectivity index (χ1) is 12.9. The Morgan fingerprint density at radius 1 is 1.11 bits per heavy atom. The number of nitrogens with one attached hydrogen (secondary N) is 1. The third-order valence-corrected chi connectivity index (χ3v) is 5.84. The van der Waals surface area contributed by atoms with E-state index in [0.29, 0.717) is 19.4 Å². The second-order valence-corrected chi connectivity index (χ2v) is 7.85.